The molecule has 0 saturated carbocycles. The predicted molar refractivity (Wildman–Crippen MR) is 115 cm³/mol. The third-order valence-corrected chi connectivity index (χ3v) is 6.77. The Morgan fingerprint density at radius 1 is 1.03 bits per heavy atom. The van der Waals surface area contributed by atoms with Crippen molar-refractivity contribution in [3.05, 3.63) is 54.1 Å². The van der Waals surface area contributed by atoms with Crippen LogP contribution >= 0.6 is 0 Å². The molecule has 1 aliphatic heterocycles. The smallest absolute Gasteiger partial charge is 0.337 e. The number of nitrogens with one attached hydrogen (secondary N) is 1. The molecule has 2 aromatic carbocycles. The average Bonchev–Trinajstić information content (AvgIpc) is 2.74. The highest BCUT2D eigenvalue weighted by Crippen LogP contribution is 2.21. The molecule has 1 heterocycles. The number of morpholine rings is 1. The minimum Gasteiger partial charge on any atom is -0.478 e. The number of para-hydroxylation sites is 1. The van der Waals surface area contributed by atoms with E-state index in [-0.39, 0.29) is 16.3 Å². The summed E-state index contributed by atoms with van der Waals surface area (Å²) in [5, 5.41) is 13.9. The van der Waals surface area contributed by atoms with Crippen LogP contribution in [-0.4, -0.2) is 60.8 Å². The zero-order valence-electron chi connectivity index (χ0n) is 16.9. The lowest BCUT2D eigenvalue weighted by molar-refractivity contribution is 0.0696. The summed E-state index contributed by atoms with van der Waals surface area (Å²) in [6.45, 7) is 4.74. The molecule has 31 heavy (non-hydrogen) atoms. The van der Waals surface area contributed by atoms with E-state index in [9.17, 15) is 21.6 Å². The van der Waals surface area contributed by atoms with Gasteiger partial charge >= 0.3 is 5.97 Å². The fourth-order valence-corrected chi connectivity index (χ4v) is 4.37. The number of rotatable bonds is 6. The summed E-state index contributed by atoms with van der Waals surface area (Å²) in [7, 11) is -7.35. The fourth-order valence-electron chi connectivity index (χ4n) is 2.82. The van der Waals surface area contributed by atoms with Crippen LogP contribution in [0.5, 0.6) is 0 Å². The molecule has 0 spiro atoms. The summed E-state index contributed by atoms with van der Waals surface area (Å²) in [6, 6.07) is 11.8. The van der Waals surface area contributed by atoms with E-state index in [2.05, 4.69) is 4.72 Å². The van der Waals surface area contributed by atoms with Gasteiger partial charge in [-0.05, 0) is 36.4 Å². The zero-order chi connectivity index (χ0) is 23.1. The molecule has 170 valence electrons. The van der Waals surface area contributed by atoms with Crippen molar-refractivity contribution >= 4 is 31.7 Å². The number of carboxylic acid groups (broad SMARTS) is 1. The van der Waals surface area contributed by atoms with E-state index in [4.69, 9.17) is 15.0 Å². The maximum Gasteiger partial charge on any atom is 0.337 e. The second-order valence-corrected chi connectivity index (χ2v) is 9.77. The van der Waals surface area contributed by atoms with Gasteiger partial charge in [0.05, 0.1) is 34.3 Å². The van der Waals surface area contributed by atoms with Gasteiger partial charge in [-0.25, -0.2) is 31.5 Å². The highest BCUT2D eigenvalue weighted by Gasteiger charge is 2.17. The molecule has 0 radical (unpaired) electrons. The van der Waals surface area contributed by atoms with Gasteiger partial charge in [0.15, 0.2) is 0 Å². The number of anilines is 1. The predicted octanol–water partition coefficient (Wildman–Crippen LogP) is 0.854. The second-order valence-electron chi connectivity index (χ2n) is 6.44. The Morgan fingerprint density at radius 3 is 2.10 bits per heavy atom. The van der Waals surface area contributed by atoms with E-state index in [0.29, 0.717) is 18.8 Å². The van der Waals surface area contributed by atoms with Gasteiger partial charge in [-0.15, -0.1) is 0 Å². The number of carboxylic acids is 1. The normalized spacial score (nSPS) is 14.5. The van der Waals surface area contributed by atoms with Crippen LogP contribution in [0.4, 0.5) is 5.69 Å². The van der Waals surface area contributed by atoms with E-state index in [1.165, 1.54) is 12.1 Å². The lowest BCUT2D eigenvalue weighted by atomic mass is 10.1. The molecule has 2 aromatic rings. The molecule has 12 heteroatoms. The number of hydrogen-bond donors (Lipinski definition) is 3. The average molecular weight is 472 g/mol. The Bertz CT molecular complexity index is 1100. The molecule has 0 aliphatic carbocycles. The van der Waals surface area contributed by atoms with Crippen molar-refractivity contribution in [2.75, 3.05) is 37.7 Å². The molecule has 0 atom stereocenters. The molecule has 3 rings (SSSR count). The number of ether oxygens (including phenoxy) is 1. The van der Waals surface area contributed by atoms with Crippen LogP contribution in [0.3, 0.4) is 0 Å². The Balaban J connectivity index is 0.000000220. The molecular formula is C19H25N3O7S2. The highest BCUT2D eigenvalue weighted by molar-refractivity contribution is 7.89. The Morgan fingerprint density at radius 2 is 1.58 bits per heavy atom. The lowest BCUT2D eigenvalue weighted by Crippen LogP contribution is -2.37. The second kappa shape index (κ2) is 10.7. The van der Waals surface area contributed by atoms with Crippen LogP contribution in [0.15, 0.2) is 58.3 Å². The number of nitrogens with two attached hydrogens (primary N) is 1. The monoisotopic (exact) mass is 471 g/mol. The zero-order valence-corrected chi connectivity index (χ0v) is 18.5. The third-order valence-electron chi connectivity index (χ3n) is 4.28. The van der Waals surface area contributed by atoms with Gasteiger partial charge < -0.3 is 14.7 Å². The van der Waals surface area contributed by atoms with Gasteiger partial charge in [-0.2, -0.15) is 0 Å². The number of sulfonamides is 2. The van der Waals surface area contributed by atoms with Gasteiger partial charge in [0.2, 0.25) is 20.0 Å². The van der Waals surface area contributed by atoms with Crippen molar-refractivity contribution in [1.82, 2.24) is 4.72 Å². The largest absolute Gasteiger partial charge is 0.478 e. The van der Waals surface area contributed by atoms with Gasteiger partial charge in [0.1, 0.15) is 0 Å². The highest BCUT2D eigenvalue weighted by atomic mass is 32.2. The first-order valence-electron chi connectivity index (χ1n) is 9.34. The molecule has 0 unspecified atom stereocenters. The minimum atomic E-state index is -3.79. The summed E-state index contributed by atoms with van der Waals surface area (Å²) < 4.78 is 52.4. The quantitative estimate of drug-likeness (QED) is 0.560. The summed E-state index contributed by atoms with van der Waals surface area (Å²) in [5.41, 5.74) is 1.15. The molecule has 1 saturated heterocycles. The first-order valence-corrected chi connectivity index (χ1v) is 12.4. The standard InChI is InChI=1S/C11H13NO3.C8H12N2O4S2/c13-11(14)9-3-1-2-4-10(9)12-5-7-15-8-6-12;1-2-10-16(13,14)8-5-3-7(4-6-8)15(9,11)12/h1-4H,5-8H2,(H,13,14);3-6,10H,2H2,1H3,(H2,9,11,12). The topological polar surface area (TPSA) is 156 Å². The van der Waals surface area contributed by atoms with Crippen LogP contribution in [0.1, 0.15) is 17.3 Å². The van der Waals surface area contributed by atoms with Crippen LogP contribution in [-0.2, 0) is 24.8 Å². The number of nitrogens with zero attached hydrogens (tertiary/aromatic N) is 1. The number of primary sulfonamides is 1. The van der Waals surface area contributed by atoms with E-state index in [0.717, 1.165) is 30.9 Å². The number of aromatic carboxylic acids is 1. The first kappa shape index (κ1) is 24.8. The Labute approximate surface area is 181 Å². The number of benzene rings is 2. The van der Waals surface area contributed by atoms with Crippen LogP contribution in [0.2, 0.25) is 0 Å². The number of carbonyl (C=O) groups is 1. The van der Waals surface area contributed by atoms with Gasteiger partial charge in [-0.1, -0.05) is 19.1 Å². The van der Waals surface area contributed by atoms with Crippen LogP contribution in [0, 0.1) is 0 Å². The van der Waals surface area contributed by atoms with Crippen LogP contribution < -0.4 is 14.8 Å². The van der Waals surface area contributed by atoms with Crippen molar-refractivity contribution in [2.45, 2.75) is 16.7 Å². The molecule has 0 amide bonds. The summed E-state index contributed by atoms with van der Waals surface area (Å²) in [6.07, 6.45) is 0. The third kappa shape index (κ3) is 7.01. The fraction of sp³-hybridized carbons (Fsp3) is 0.316. The molecule has 4 N–H and O–H groups in total. The molecular weight excluding hydrogens is 446 g/mol. The van der Waals surface area contributed by atoms with Crippen molar-refractivity contribution in [1.29, 1.82) is 0 Å². The first-order chi connectivity index (χ1) is 14.6. The van der Waals surface area contributed by atoms with Crippen LogP contribution in [0.25, 0.3) is 0 Å². The van der Waals surface area contributed by atoms with Crippen molar-refractivity contribution in [2.24, 2.45) is 5.14 Å². The van der Waals surface area contributed by atoms with Gasteiger partial charge in [-0.3, -0.25) is 0 Å². The SMILES string of the molecule is CCNS(=O)(=O)c1ccc(S(N)(=O)=O)cc1.O=C(O)c1ccccc1N1CCOCC1. The van der Waals surface area contributed by atoms with Crippen molar-refractivity contribution < 1.29 is 31.5 Å². The molecule has 0 aromatic heterocycles. The van der Waals surface area contributed by atoms with Gasteiger partial charge in [0.25, 0.3) is 0 Å². The lowest BCUT2D eigenvalue weighted by Gasteiger charge is -2.29. The summed E-state index contributed by atoms with van der Waals surface area (Å²) in [4.78, 5) is 12.9. The molecule has 1 aliphatic rings. The van der Waals surface area contributed by atoms with Crippen molar-refractivity contribution in [3.8, 4) is 0 Å². The molecule has 1 fully saturated rings. The van der Waals surface area contributed by atoms with E-state index < -0.39 is 26.0 Å². The van der Waals surface area contributed by atoms with E-state index in [1.807, 2.05) is 17.0 Å². The summed E-state index contributed by atoms with van der Waals surface area (Å²) in [5.74, 6) is -0.878. The van der Waals surface area contributed by atoms with E-state index >= 15 is 0 Å². The van der Waals surface area contributed by atoms with Gasteiger partial charge in [0, 0.05) is 19.6 Å². The summed E-state index contributed by atoms with van der Waals surface area (Å²) >= 11 is 0. The van der Waals surface area contributed by atoms with E-state index in [1.54, 1.807) is 19.1 Å². The number of hydrogen-bond acceptors (Lipinski definition) is 7. The Hall–Kier alpha value is -2.51. The maximum absolute atomic E-state index is 11.5. The minimum absolute atomic E-state index is 0.00162. The van der Waals surface area contributed by atoms with Crippen molar-refractivity contribution in [3.63, 3.8) is 0 Å². The molecule has 0 bridgehead atoms. The Kier molecular flexibility index (Phi) is 8.53. The molecule has 10 nitrogen and oxygen atoms in total. The maximum atomic E-state index is 11.5.